The van der Waals surface area contributed by atoms with E-state index in [1.54, 1.807) is 24.1 Å². The molecule has 0 atom stereocenters. The van der Waals surface area contributed by atoms with Crippen LogP contribution in [0.1, 0.15) is 0 Å². The van der Waals surface area contributed by atoms with Gasteiger partial charge in [-0.25, -0.2) is 0 Å². The molecular weight excluding hydrogens is 204 g/mol. The summed E-state index contributed by atoms with van der Waals surface area (Å²) in [5, 5.41) is 10.8. The highest BCUT2D eigenvalue weighted by molar-refractivity contribution is 5.81. The van der Waals surface area contributed by atoms with Crippen LogP contribution in [-0.2, 0) is 4.79 Å². The number of likely N-dealkylation sites (N-methyl/N-ethyl adjacent to an activating group) is 1. The Morgan fingerprint density at radius 3 is 2.69 bits per heavy atom. The number of nitrogens with two attached hydrogens (primary N) is 1. The number of hydrogen-bond acceptors (Lipinski definition) is 4. The van der Waals surface area contributed by atoms with Gasteiger partial charge in [0.2, 0.25) is 5.91 Å². The number of nitrogen functional groups attached to an aromatic ring is 1. The Morgan fingerprint density at radius 1 is 1.50 bits per heavy atom. The minimum absolute atomic E-state index is 0.0361. The molecule has 0 saturated heterocycles. The minimum atomic E-state index is -0.180. The maximum Gasteiger partial charge on any atom is 0.240 e. The van der Waals surface area contributed by atoms with Gasteiger partial charge in [-0.1, -0.05) is 0 Å². The number of carbonyl (C=O) groups is 1. The molecule has 0 heterocycles. The second kappa shape index (κ2) is 5.61. The average molecular weight is 218 g/mol. The maximum absolute atomic E-state index is 11.3. The van der Waals surface area contributed by atoms with Gasteiger partial charge >= 0.3 is 0 Å². The molecule has 1 amide bonds. The molecule has 1 aromatic carbocycles. The molecule has 1 aromatic rings. The molecule has 5 nitrogen and oxygen atoms in total. The summed E-state index contributed by atoms with van der Waals surface area (Å²) in [4.78, 5) is 13.1. The third kappa shape index (κ3) is 3.50. The van der Waals surface area contributed by atoms with E-state index < -0.39 is 0 Å². The largest absolute Gasteiger partial charge is 0.399 e. The quantitative estimate of drug-likeness (QED) is 0.564. The topological polar surface area (TPSA) is 82.2 Å². The van der Waals surface area contributed by atoms with E-state index in [9.17, 15) is 4.79 Å². The highest BCUT2D eigenvalue weighted by Crippen LogP contribution is 2.14. The molecule has 5 heteroatoms. The third-order valence-corrected chi connectivity index (χ3v) is 2.08. The zero-order valence-corrected chi connectivity index (χ0v) is 9.10. The summed E-state index contributed by atoms with van der Waals surface area (Å²) >= 11 is 0. The van der Waals surface area contributed by atoms with Crippen molar-refractivity contribution in [3.05, 3.63) is 24.3 Å². The molecular formula is C11H14N4O. The van der Waals surface area contributed by atoms with Crippen molar-refractivity contribution in [2.75, 3.05) is 30.8 Å². The number of benzene rings is 1. The first-order valence-electron chi connectivity index (χ1n) is 4.84. The molecule has 0 radical (unpaired) electrons. The molecule has 0 aliphatic rings. The molecule has 0 fully saturated rings. The van der Waals surface area contributed by atoms with E-state index in [2.05, 4.69) is 5.32 Å². The number of nitrogens with zero attached hydrogens (tertiary/aromatic N) is 2. The van der Waals surface area contributed by atoms with Crippen molar-refractivity contribution in [1.29, 1.82) is 5.26 Å². The molecule has 0 saturated carbocycles. The normalized spacial score (nSPS) is 9.25. The van der Waals surface area contributed by atoms with Crippen LogP contribution in [0.4, 0.5) is 11.4 Å². The van der Waals surface area contributed by atoms with E-state index in [-0.39, 0.29) is 19.0 Å². The van der Waals surface area contributed by atoms with E-state index in [1.165, 1.54) is 0 Å². The second-order valence-corrected chi connectivity index (χ2v) is 3.38. The standard InChI is InChI=1S/C11H14N4O/c1-15(8-11(16)14-7-6-12)10-4-2-9(13)3-5-10/h2-5H,7-8,13H2,1H3,(H,14,16). The van der Waals surface area contributed by atoms with Gasteiger partial charge < -0.3 is 16.0 Å². The van der Waals surface area contributed by atoms with Crippen molar-refractivity contribution in [1.82, 2.24) is 5.32 Å². The number of anilines is 2. The van der Waals surface area contributed by atoms with Gasteiger partial charge in [0, 0.05) is 18.4 Å². The van der Waals surface area contributed by atoms with Crippen LogP contribution in [0.2, 0.25) is 0 Å². The predicted molar refractivity (Wildman–Crippen MR) is 62.7 cm³/mol. The van der Waals surface area contributed by atoms with E-state index in [1.807, 2.05) is 18.2 Å². The molecule has 84 valence electrons. The molecule has 16 heavy (non-hydrogen) atoms. The summed E-state index contributed by atoms with van der Waals surface area (Å²) in [6.45, 7) is 0.250. The van der Waals surface area contributed by atoms with Gasteiger partial charge in [-0.05, 0) is 24.3 Å². The first-order valence-corrected chi connectivity index (χ1v) is 4.84. The molecule has 0 unspecified atom stereocenters. The fraction of sp³-hybridized carbons (Fsp3) is 0.273. The SMILES string of the molecule is CN(CC(=O)NCC#N)c1ccc(N)cc1. The number of nitriles is 1. The van der Waals surface area contributed by atoms with Gasteiger partial charge in [0.15, 0.2) is 0 Å². The lowest BCUT2D eigenvalue weighted by Crippen LogP contribution is -2.35. The summed E-state index contributed by atoms with van der Waals surface area (Å²) in [6.07, 6.45) is 0. The van der Waals surface area contributed by atoms with Gasteiger partial charge in [0.1, 0.15) is 6.54 Å². The van der Waals surface area contributed by atoms with Crippen LogP contribution in [-0.4, -0.2) is 26.0 Å². The van der Waals surface area contributed by atoms with Crippen molar-refractivity contribution in [2.24, 2.45) is 0 Å². The second-order valence-electron chi connectivity index (χ2n) is 3.38. The van der Waals surface area contributed by atoms with E-state index >= 15 is 0 Å². The Hall–Kier alpha value is -2.22. The van der Waals surface area contributed by atoms with Crippen LogP contribution < -0.4 is 16.0 Å². The Kier molecular flexibility index (Phi) is 4.16. The molecule has 1 rings (SSSR count). The van der Waals surface area contributed by atoms with Crippen molar-refractivity contribution in [3.8, 4) is 6.07 Å². The number of hydrogen-bond donors (Lipinski definition) is 2. The van der Waals surface area contributed by atoms with E-state index in [0.29, 0.717) is 5.69 Å². The van der Waals surface area contributed by atoms with Gasteiger partial charge in [0.25, 0.3) is 0 Å². The third-order valence-electron chi connectivity index (χ3n) is 2.08. The molecule has 0 bridgehead atoms. The van der Waals surface area contributed by atoms with Crippen LogP contribution in [0, 0.1) is 11.3 Å². The fourth-order valence-electron chi connectivity index (χ4n) is 1.23. The van der Waals surface area contributed by atoms with Crippen molar-refractivity contribution >= 4 is 17.3 Å². The molecule has 3 N–H and O–H groups in total. The maximum atomic E-state index is 11.3. The monoisotopic (exact) mass is 218 g/mol. The number of nitrogens with one attached hydrogen (secondary N) is 1. The Balaban J connectivity index is 2.52. The summed E-state index contributed by atoms with van der Waals surface area (Å²) in [5.74, 6) is -0.180. The van der Waals surface area contributed by atoms with Gasteiger partial charge in [-0.2, -0.15) is 5.26 Å². The van der Waals surface area contributed by atoms with Crippen LogP contribution in [0.3, 0.4) is 0 Å². The first-order chi connectivity index (χ1) is 7.63. The smallest absolute Gasteiger partial charge is 0.240 e. The minimum Gasteiger partial charge on any atom is -0.399 e. The summed E-state index contributed by atoms with van der Waals surface area (Å²) < 4.78 is 0. The van der Waals surface area contributed by atoms with Crippen molar-refractivity contribution < 1.29 is 4.79 Å². The molecule has 0 aliphatic carbocycles. The van der Waals surface area contributed by atoms with Crippen LogP contribution in [0.25, 0.3) is 0 Å². The zero-order chi connectivity index (χ0) is 12.0. The number of carbonyl (C=O) groups excluding carboxylic acids is 1. The van der Waals surface area contributed by atoms with Gasteiger partial charge in [0.05, 0.1) is 12.6 Å². The fourth-order valence-corrected chi connectivity index (χ4v) is 1.23. The van der Waals surface area contributed by atoms with Gasteiger partial charge in [-0.15, -0.1) is 0 Å². The summed E-state index contributed by atoms with van der Waals surface area (Å²) in [6, 6.07) is 9.09. The summed E-state index contributed by atoms with van der Waals surface area (Å²) in [5.41, 5.74) is 7.15. The Bertz CT molecular complexity index is 393. The first kappa shape index (κ1) is 11.9. The highest BCUT2D eigenvalue weighted by atomic mass is 16.2. The number of rotatable bonds is 4. The van der Waals surface area contributed by atoms with Gasteiger partial charge in [-0.3, -0.25) is 4.79 Å². The van der Waals surface area contributed by atoms with Crippen LogP contribution in [0.15, 0.2) is 24.3 Å². The average Bonchev–Trinajstić information content (AvgIpc) is 2.27. The van der Waals surface area contributed by atoms with E-state index in [0.717, 1.165) is 5.69 Å². The van der Waals surface area contributed by atoms with Crippen molar-refractivity contribution in [2.45, 2.75) is 0 Å². The highest BCUT2D eigenvalue weighted by Gasteiger charge is 2.06. The lowest BCUT2D eigenvalue weighted by molar-refractivity contribution is -0.119. The van der Waals surface area contributed by atoms with Crippen molar-refractivity contribution in [3.63, 3.8) is 0 Å². The van der Waals surface area contributed by atoms with Crippen LogP contribution >= 0.6 is 0 Å². The number of amides is 1. The predicted octanol–water partition coefficient (Wildman–Crippen LogP) is 0.345. The Labute approximate surface area is 94.5 Å². The lowest BCUT2D eigenvalue weighted by Gasteiger charge is -2.18. The molecule has 0 aromatic heterocycles. The lowest BCUT2D eigenvalue weighted by atomic mass is 10.2. The molecule has 0 aliphatic heterocycles. The van der Waals surface area contributed by atoms with Crippen LogP contribution in [0.5, 0.6) is 0 Å². The zero-order valence-electron chi connectivity index (χ0n) is 9.10. The Morgan fingerprint density at radius 2 is 2.12 bits per heavy atom. The summed E-state index contributed by atoms with van der Waals surface area (Å²) in [7, 11) is 1.80. The molecule has 0 spiro atoms. The van der Waals surface area contributed by atoms with E-state index in [4.69, 9.17) is 11.0 Å².